The number of nitrogen functional groups attached to an aromatic ring is 2. The van der Waals surface area contributed by atoms with Gasteiger partial charge in [0.1, 0.15) is 5.82 Å². The molecule has 0 saturated heterocycles. The van der Waals surface area contributed by atoms with Crippen LogP contribution in [-0.2, 0) is 0 Å². The molecule has 0 aliphatic heterocycles. The molecule has 0 radical (unpaired) electrons. The summed E-state index contributed by atoms with van der Waals surface area (Å²) < 4.78 is 1.30. The van der Waals surface area contributed by atoms with E-state index in [1.807, 2.05) is 41.5 Å². The lowest BCUT2D eigenvalue weighted by Gasteiger charge is -2.29. The molecule has 1 aromatic carbocycles. The zero-order valence-corrected chi connectivity index (χ0v) is 22.5. The minimum atomic E-state index is 0.160. The van der Waals surface area contributed by atoms with Crippen LogP contribution in [0.15, 0.2) is 41.9 Å². The van der Waals surface area contributed by atoms with Crippen LogP contribution in [0.2, 0.25) is 0 Å². The van der Waals surface area contributed by atoms with Gasteiger partial charge >= 0.3 is 0 Å². The van der Waals surface area contributed by atoms with Crippen LogP contribution in [-0.4, -0.2) is 21.5 Å². The van der Waals surface area contributed by atoms with Crippen molar-refractivity contribution in [3.8, 4) is 0 Å². The molecule has 1 aliphatic carbocycles. The minimum Gasteiger partial charge on any atom is -0.398 e. The van der Waals surface area contributed by atoms with Gasteiger partial charge in [0.2, 0.25) is 5.95 Å². The predicted octanol–water partition coefficient (Wildman–Crippen LogP) is 7.46. The fraction of sp³-hybridized carbons (Fsp3) is 0.444. The Hall–Kier alpha value is -2.93. The van der Waals surface area contributed by atoms with Gasteiger partial charge in [0.05, 0.1) is 11.4 Å². The molecule has 34 heavy (non-hydrogen) atoms. The third-order valence-electron chi connectivity index (χ3n) is 5.44. The van der Waals surface area contributed by atoms with E-state index >= 15 is 0 Å². The van der Waals surface area contributed by atoms with E-state index in [1.54, 1.807) is 23.6 Å². The first kappa shape index (κ1) is 27.3. The van der Waals surface area contributed by atoms with Gasteiger partial charge < -0.3 is 16.4 Å². The van der Waals surface area contributed by atoms with Crippen LogP contribution in [0, 0.1) is 5.92 Å². The van der Waals surface area contributed by atoms with Gasteiger partial charge in [-0.2, -0.15) is 4.98 Å². The molecular weight excluding hydrogens is 440 g/mol. The summed E-state index contributed by atoms with van der Waals surface area (Å²) in [6.07, 6.45) is 4.29. The Bertz CT molecular complexity index is 1170. The largest absolute Gasteiger partial charge is 0.398 e. The molecule has 1 saturated carbocycles. The van der Waals surface area contributed by atoms with Crippen molar-refractivity contribution in [2.45, 2.75) is 67.3 Å². The molecule has 0 unspecified atom stereocenters. The quantitative estimate of drug-likeness (QED) is 0.308. The highest BCUT2D eigenvalue weighted by Gasteiger charge is 2.30. The number of nitrogens with zero attached hydrogens (tertiary/aromatic N) is 4. The Morgan fingerprint density at radius 3 is 2.35 bits per heavy atom. The van der Waals surface area contributed by atoms with Crippen molar-refractivity contribution in [1.29, 1.82) is 0 Å². The van der Waals surface area contributed by atoms with Gasteiger partial charge in [-0.3, -0.25) is 0 Å². The van der Waals surface area contributed by atoms with Gasteiger partial charge in [0.25, 0.3) is 0 Å². The lowest BCUT2D eigenvalue weighted by Crippen LogP contribution is -2.30. The highest BCUT2D eigenvalue weighted by Crippen LogP contribution is 2.38. The molecule has 0 spiro atoms. The van der Waals surface area contributed by atoms with Gasteiger partial charge in [-0.25, -0.2) is 9.97 Å². The van der Waals surface area contributed by atoms with Gasteiger partial charge in [0.15, 0.2) is 5.65 Å². The van der Waals surface area contributed by atoms with E-state index in [1.165, 1.54) is 28.5 Å². The van der Waals surface area contributed by atoms with Crippen LogP contribution in [0.5, 0.6) is 0 Å². The number of benzene rings is 1. The Labute approximate surface area is 208 Å². The molecule has 7 heteroatoms. The SMILES string of the molecule is CC.CC.CC.C[C@H](c1csc2ccccc12)N(CC1CC1)c1ncc2c(N)cc(N)nc2n1. The minimum absolute atomic E-state index is 0.160. The van der Waals surface area contributed by atoms with Crippen molar-refractivity contribution in [3.05, 3.63) is 47.5 Å². The number of aromatic nitrogens is 3. The molecular formula is C27H40N6S. The molecule has 4 aromatic rings. The summed E-state index contributed by atoms with van der Waals surface area (Å²) in [6.45, 7) is 15.2. The highest BCUT2D eigenvalue weighted by molar-refractivity contribution is 7.17. The molecule has 4 N–H and O–H groups in total. The van der Waals surface area contributed by atoms with Gasteiger partial charge in [-0.1, -0.05) is 59.7 Å². The van der Waals surface area contributed by atoms with E-state index in [0.29, 0.717) is 29.0 Å². The van der Waals surface area contributed by atoms with E-state index in [2.05, 4.69) is 51.4 Å². The van der Waals surface area contributed by atoms with Crippen LogP contribution in [0.1, 0.15) is 72.9 Å². The van der Waals surface area contributed by atoms with Crippen LogP contribution < -0.4 is 16.4 Å². The zero-order chi connectivity index (χ0) is 25.3. The first-order valence-corrected chi connectivity index (χ1v) is 13.4. The lowest BCUT2D eigenvalue weighted by atomic mass is 10.1. The summed E-state index contributed by atoms with van der Waals surface area (Å²) >= 11 is 1.78. The fourth-order valence-corrected chi connectivity index (χ4v) is 4.71. The van der Waals surface area contributed by atoms with Crippen LogP contribution in [0.4, 0.5) is 17.5 Å². The summed E-state index contributed by atoms with van der Waals surface area (Å²) in [5, 5.41) is 4.29. The molecule has 184 valence electrons. The second kappa shape index (κ2) is 13.1. The average Bonchev–Trinajstić information content (AvgIpc) is 3.61. The van der Waals surface area contributed by atoms with Crippen LogP contribution >= 0.6 is 11.3 Å². The number of fused-ring (bicyclic) bond motifs is 2. The van der Waals surface area contributed by atoms with Crippen LogP contribution in [0.25, 0.3) is 21.1 Å². The smallest absolute Gasteiger partial charge is 0.227 e. The van der Waals surface area contributed by atoms with E-state index in [9.17, 15) is 0 Å². The van der Waals surface area contributed by atoms with Gasteiger partial charge in [-0.05, 0) is 48.1 Å². The van der Waals surface area contributed by atoms with Crippen molar-refractivity contribution in [2.75, 3.05) is 22.9 Å². The number of thiophene rings is 1. The number of hydrogen-bond acceptors (Lipinski definition) is 7. The van der Waals surface area contributed by atoms with Crippen molar-refractivity contribution in [1.82, 2.24) is 15.0 Å². The van der Waals surface area contributed by atoms with Gasteiger partial charge in [-0.15, -0.1) is 11.3 Å². The molecule has 0 bridgehead atoms. The zero-order valence-electron chi connectivity index (χ0n) is 21.7. The van der Waals surface area contributed by atoms with E-state index < -0.39 is 0 Å². The number of nitrogens with two attached hydrogens (primary N) is 2. The molecule has 1 aliphatic rings. The third kappa shape index (κ3) is 6.14. The van der Waals surface area contributed by atoms with E-state index in [4.69, 9.17) is 16.5 Å². The Morgan fingerprint density at radius 1 is 1.00 bits per heavy atom. The van der Waals surface area contributed by atoms with E-state index in [0.717, 1.165) is 11.9 Å². The maximum absolute atomic E-state index is 6.06. The predicted molar refractivity (Wildman–Crippen MR) is 151 cm³/mol. The fourth-order valence-electron chi connectivity index (χ4n) is 3.66. The maximum Gasteiger partial charge on any atom is 0.227 e. The number of anilines is 3. The number of hydrogen-bond donors (Lipinski definition) is 2. The molecule has 3 heterocycles. The second-order valence-electron chi connectivity index (χ2n) is 7.50. The van der Waals surface area contributed by atoms with Crippen molar-refractivity contribution in [2.24, 2.45) is 5.92 Å². The molecule has 3 aromatic heterocycles. The van der Waals surface area contributed by atoms with Crippen LogP contribution in [0.3, 0.4) is 0 Å². The molecule has 1 fully saturated rings. The first-order valence-electron chi connectivity index (χ1n) is 12.5. The Balaban J connectivity index is 0.000000633. The molecule has 5 rings (SSSR count). The summed E-state index contributed by atoms with van der Waals surface area (Å²) in [5.41, 5.74) is 14.4. The maximum atomic E-state index is 6.06. The average molecular weight is 481 g/mol. The van der Waals surface area contributed by atoms with Crippen molar-refractivity contribution < 1.29 is 0 Å². The molecule has 0 amide bonds. The summed E-state index contributed by atoms with van der Waals surface area (Å²) in [5.74, 6) is 1.76. The normalized spacial score (nSPS) is 13.0. The topological polar surface area (TPSA) is 94.0 Å². The monoisotopic (exact) mass is 480 g/mol. The summed E-state index contributed by atoms with van der Waals surface area (Å²) in [7, 11) is 0. The standard InChI is InChI=1S/C21H22N6S.3C2H6/c1-12(16-11-28-18-5-3-2-4-14(16)18)27(10-13-6-7-13)21-24-9-15-17(22)8-19(23)25-20(15)26-21;3*1-2/h2-5,8-9,11-13H,6-7,10H2,1H3,(H4,22,23,24,25,26);3*1-2H3/t12-;;;/m1.../s1. The lowest BCUT2D eigenvalue weighted by molar-refractivity contribution is 0.622. The molecule has 1 atom stereocenters. The highest BCUT2D eigenvalue weighted by atomic mass is 32.1. The Kier molecular flexibility index (Phi) is 10.5. The number of pyridine rings is 1. The van der Waals surface area contributed by atoms with Gasteiger partial charge in [0, 0.05) is 29.2 Å². The number of rotatable bonds is 5. The summed E-state index contributed by atoms with van der Waals surface area (Å²) in [6, 6.07) is 10.3. The molecule has 6 nitrogen and oxygen atoms in total. The first-order chi connectivity index (χ1) is 16.6. The third-order valence-corrected chi connectivity index (χ3v) is 6.42. The second-order valence-corrected chi connectivity index (χ2v) is 8.41. The summed E-state index contributed by atoms with van der Waals surface area (Å²) in [4.78, 5) is 16.0. The van der Waals surface area contributed by atoms with Crippen molar-refractivity contribution in [3.63, 3.8) is 0 Å². The van der Waals surface area contributed by atoms with Crippen molar-refractivity contribution >= 4 is 49.9 Å². The Morgan fingerprint density at radius 2 is 1.68 bits per heavy atom. The van der Waals surface area contributed by atoms with E-state index in [-0.39, 0.29) is 6.04 Å².